The van der Waals surface area contributed by atoms with E-state index in [0.717, 1.165) is 11.3 Å². The quantitative estimate of drug-likeness (QED) is 0.534. The summed E-state index contributed by atoms with van der Waals surface area (Å²) >= 11 is 0. The summed E-state index contributed by atoms with van der Waals surface area (Å²) in [4.78, 5) is 14.9. The van der Waals surface area contributed by atoms with Crippen LogP contribution in [0.15, 0.2) is 53.4 Å². The van der Waals surface area contributed by atoms with E-state index >= 15 is 0 Å². The maximum atomic E-state index is 14.3. The highest BCUT2D eigenvalue weighted by Gasteiger charge is 2.33. The summed E-state index contributed by atoms with van der Waals surface area (Å²) in [5.74, 6) is -1.29. The number of benzene rings is 2. The first-order valence-electron chi connectivity index (χ1n) is 9.72. The van der Waals surface area contributed by atoms with Crippen LogP contribution in [0.5, 0.6) is 0 Å². The zero-order chi connectivity index (χ0) is 22.2. The molecule has 5 N–H and O–H groups in total. The van der Waals surface area contributed by atoms with Crippen molar-refractivity contribution in [1.29, 1.82) is 0 Å². The molecule has 8 nitrogen and oxygen atoms in total. The molecule has 0 fully saturated rings. The van der Waals surface area contributed by atoms with Crippen LogP contribution in [0.4, 0.5) is 4.39 Å². The van der Waals surface area contributed by atoms with Crippen LogP contribution in [-0.4, -0.2) is 36.0 Å². The molecular weight excluding hydrogens is 421 g/mol. The van der Waals surface area contributed by atoms with E-state index in [1.54, 1.807) is 35.2 Å². The van der Waals surface area contributed by atoms with Crippen LogP contribution < -0.4 is 10.9 Å². The van der Waals surface area contributed by atoms with Gasteiger partial charge in [0.15, 0.2) is 0 Å². The molecule has 3 aromatic rings. The van der Waals surface area contributed by atoms with Crippen molar-refractivity contribution in [2.24, 2.45) is 10.9 Å². The van der Waals surface area contributed by atoms with Gasteiger partial charge in [0.25, 0.3) is 0 Å². The van der Waals surface area contributed by atoms with Crippen molar-refractivity contribution in [3.63, 3.8) is 0 Å². The Balaban J connectivity index is 1.58. The lowest BCUT2D eigenvalue weighted by molar-refractivity contribution is -0.133. The first kappa shape index (κ1) is 21.2. The number of carbonyl (C=O) groups excluding carboxylic acids is 1. The molecule has 1 amide bonds. The van der Waals surface area contributed by atoms with E-state index in [4.69, 9.17) is 10.9 Å². The molecule has 0 saturated carbocycles. The number of halogens is 1. The Morgan fingerprint density at radius 1 is 1.16 bits per heavy atom. The van der Waals surface area contributed by atoms with Crippen molar-refractivity contribution in [3.8, 4) is 11.3 Å². The largest absolute Gasteiger partial charge is 0.332 e. The molecule has 2 heterocycles. The van der Waals surface area contributed by atoms with Gasteiger partial charge in [0.1, 0.15) is 5.82 Å². The Hall–Kier alpha value is -3.08. The minimum Gasteiger partial charge on any atom is -0.332 e. The second-order valence-corrected chi connectivity index (χ2v) is 9.01. The lowest BCUT2D eigenvalue weighted by atomic mass is 9.93. The summed E-state index contributed by atoms with van der Waals surface area (Å²) in [6.07, 6.45) is 0.338. The molecule has 0 saturated heterocycles. The fourth-order valence-electron chi connectivity index (χ4n) is 3.89. The predicted octanol–water partition coefficient (Wildman–Crippen LogP) is 1.84. The fourth-order valence-corrected chi connectivity index (χ4v) is 4.41. The Kier molecular flexibility index (Phi) is 5.61. The lowest BCUT2D eigenvalue weighted by Crippen LogP contribution is -2.32. The number of H-pyrrole nitrogens is 1. The molecule has 0 aliphatic carbocycles. The molecule has 1 aliphatic heterocycles. The van der Waals surface area contributed by atoms with E-state index in [1.165, 1.54) is 18.2 Å². The summed E-state index contributed by atoms with van der Waals surface area (Å²) in [5.41, 5.74) is 9.01. The number of aromatic nitrogens is 2. The van der Waals surface area contributed by atoms with Crippen LogP contribution >= 0.6 is 0 Å². The molecule has 31 heavy (non-hydrogen) atoms. The second kappa shape index (κ2) is 8.22. The smallest absolute Gasteiger partial charge is 0.238 e. The van der Waals surface area contributed by atoms with E-state index in [0.29, 0.717) is 36.3 Å². The molecule has 1 aromatic heterocycles. The molecule has 1 unspecified atom stereocenters. The normalized spacial score (nSPS) is 14.5. The number of hydrogen-bond donors (Lipinski definition) is 3. The third kappa shape index (κ3) is 4.09. The van der Waals surface area contributed by atoms with E-state index in [1.807, 2.05) is 0 Å². The van der Waals surface area contributed by atoms with Crippen molar-refractivity contribution >= 4 is 15.9 Å². The number of hydrogen-bond acceptors (Lipinski definition) is 5. The molecular formula is C21H22FN5O3S. The third-order valence-electron chi connectivity index (χ3n) is 5.45. The Morgan fingerprint density at radius 3 is 2.52 bits per heavy atom. The molecule has 1 atom stereocenters. The van der Waals surface area contributed by atoms with Gasteiger partial charge < -0.3 is 10.6 Å². The lowest BCUT2D eigenvalue weighted by Gasteiger charge is -2.23. The molecule has 1 aliphatic rings. The molecule has 10 heteroatoms. The highest BCUT2D eigenvalue weighted by molar-refractivity contribution is 7.89. The Bertz CT molecular complexity index is 1220. The van der Waals surface area contributed by atoms with Gasteiger partial charge in [-0.05, 0) is 31.2 Å². The van der Waals surface area contributed by atoms with Crippen LogP contribution in [0, 0.1) is 5.82 Å². The van der Waals surface area contributed by atoms with Crippen LogP contribution in [0.2, 0.25) is 0 Å². The number of nitrogens with two attached hydrogens (primary N) is 2. The van der Waals surface area contributed by atoms with Gasteiger partial charge >= 0.3 is 0 Å². The van der Waals surface area contributed by atoms with Crippen LogP contribution in [-0.2, 0) is 27.9 Å². The number of fused-ring (bicyclic) bond motifs is 1. The standard InChI is InChI=1S/C21H22FN5O3S/c22-18-4-2-1-3-15(18)16(9-10-23)21(28)27-11-17-19(12-27)25-26-20(17)13-5-7-14(8-6-13)31(24,29)30/h1-8,16H,9-12,23H2,(H,25,26)(H2,24,29,30). The van der Waals surface area contributed by atoms with Gasteiger partial charge in [-0.3, -0.25) is 9.89 Å². The summed E-state index contributed by atoms with van der Waals surface area (Å²) in [6.45, 7) is 0.894. The van der Waals surface area contributed by atoms with Gasteiger partial charge in [-0.15, -0.1) is 0 Å². The number of nitrogens with one attached hydrogen (secondary N) is 1. The molecule has 0 bridgehead atoms. The topological polar surface area (TPSA) is 135 Å². The zero-order valence-corrected chi connectivity index (χ0v) is 17.4. The van der Waals surface area contributed by atoms with Crippen LogP contribution in [0.1, 0.15) is 29.2 Å². The van der Waals surface area contributed by atoms with Gasteiger partial charge in [-0.25, -0.2) is 17.9 Å². The van der Waals surface area contributed by atoms with Crippen LogP contribution in [0.3, 0.4) is 0 Å². The van der Waals surface area contributed by atoms with Gasteiger partial charge in [0, 0.05) is 16.7 Å². The summed E-state index contributed by atoms with van der Waals surface area (Å²) in [6, 6.07) is 12.3. The number of primary sulfonamides is 1. The molecule has 0 radical (unpaired) electrons. The maximum absolute atomic E-state index is 14.3. The van der Waals surface area contributed by atoms with Crippen molar-refractivity contribution in [3.05, 3.63) is 71.2 Å². The number of amides is 1. The Labute approximate surface area is 179 Å². The monoisotopic (exact) mass is 443 g/mol. The fraction of sp³-hybridized carbons (Fsp3) is 0.238. The van der Waals surface area contributed by atoms with Gasteiger partial charge in [0.2, 0.25) is 15.9 Å². The van der Waals surface area contributed by atoms with E-state index in [2.05, 4.69) is 10.2 Å². The van der Waals surface area contributed by atoms with Gasteiger partial charge in [-0.2, -0.15) is 5.10 Å². The summed E-state index contributed by atoms with van der Waals surface area (Å²) in [5, 5.41) is 12.4. The van der Waals surface area contributed by atoms with E-state index in [-0.39, 0.29) is 17.3 Å². The van der Waals surface area contributed by atoms with E-state index < -0.39 is 21.8 Å². The van der Waals surface area contributed by atoms with E-state index in [9.17, 15) is 17.6 Å². The molecule has 0 spiro atoms. The van der Waals surface area contributed by atoms with Crippen molar-refractivity contribution < 1.29 is 17.6 Å². The predicted molar refractivity (Wildman–Crippen MR) is 112 cm³/mol. The highest BCUT2D eigenvalue weighted by Crippen LogP contribution is 2.34. The van der Waals surface area contributed by atoms with Gasteiger partial charge in [-0.1, -0.05) is 30.3 Å². The average molecular weight is 444 g/mol. The second-order valence-electron chi connectivity index (χ2n) is 7.44. The number of carbonyl (C=O) groups is 1. The molecule has 2 aromatic carbocycles. The number of aromatic amines is 1. The molecule has 4 rings (SSSR count). The molecule has 162 valence electrons. The minimum atomic E-state index is -3.79. The van der Waals surface area contributed by atoms with Gasteiger partial charge in [0.05, 0.1) is 35.3 Å². The van der Waals surface area contributed by atoms with Crippen molar-refractivity contribution in [2.75, 3.05) is 6.54 Å². The zero-order valence-electron chi connectivity index (χ0n) is 16.6. The summed E-state index contributed by atoms with van der Waals surface area (Å²) in [7, 11) is -3.79. The van der Waals surface area contributed by atoms with Crippen LogP contribution in [0.25, 0.3) is 11.3 Å². The number of nitrogens with zero attached hydrogens (tertiary/aromatic N) is 2. The maximum Gasteiger partial charge on any atom is 0.238 e. The SMILES string of the molecule is NCCC(C(=O)N1Cc2[nH]nc(-c3ccc(S(N)(=O)=O)cc3)c2C1)c1ccccc1F. The minimum absolute atomic E-state index is 0.00903. The number of rotatable bonds is 6. The first-order valence-corrected chi connectivity index (χ1v) is 11.3. The first-order chi connectivity index (χ1) is 14.8. The Morgan fingerprint density at radius 2 is 1.87 bits per heavy atom. The van der Waals surface area contributed by atoms with Crippen molar-refractivity contribution in [2.45, 2.75) is 30.3 Å². The highest BCUT2D eigenvalue weighted by atomic mass is 32.2. The average Bonchev–Trinajstić information content (AvgIpc) is 3.33. The number of sulfonamides is 1. The third-order valence-corrected chi connectivity index (χ3v) is 6.38. The summed E-state index contributed by atoms with van der Waals surface area (Å²) < 4.78 is 37.3. The van der Waals surface area contributed by atoms with Crippen molar-refractivity contribution in [1.82, 2.24) is 15.1 Å².